The van der Waals surface area contributed by atoms with Crippen molar-refractivity contribution >= 4 is 43.6 Å². The number of benzene rings is 8. The van der Waals surface area contributed by atoms with E-state index < -0.39 is 0 Å². The van der Waals surface area contributed by atoms with Crippen LogP contribution in [0, 0.1) is 22.7 Å². The van der Waals surface area contributed by atoms with Crippen LogP contribution in [-0.2, 0) is 0 Å². The lowest BCUT2D eigenvalue weighted by atomic mass is 9.94. The van der Waals surface area contributed by atoms with Gasteiger partial charge in [0.25, 0.3) is 0 Å². The summed E-state index contributed by atoms with van der Waals surface area (Å²) in [6.45, 7) is 0. The number of nitrogens with zero attached hydrogens (tertiary/aromatic N) is 4. The Balaban J connectivity index is 1.38. The highest BCUT2D eigenvalue weighted by atomic mass is 15.0. The highest BCUT2D eigenvalue weighted by Crippen LogP contribution is 2.45. The molecule has 2 aromatic heterocycles. The molecule has 0 amide bonds. The van der Waals surface area contributed by atoms with E-state index in [-0.39, 0.29) is 0 Å². The van der Waals surface area contributed by atoms with Gasteiger partial charge in [-0.1, -0.05) is 121 Å². The summed E-state index contributed by atoms with van der Waals surface area (Å²) in [6.07, 6.45) is 0. The Kier molecular flexibility index (Phi) is 7.22. The van der Waals surface area contributed by atoms with Crippen molar-refractivity contribution < 1.29 is 0 Å². The number of aromatic nitrogens is 2. The van der Waals surface area contributed by atoms with E-state index in [4.69, 9.17) is 0 Å². The maximum atomic E-state index is 10.7. The fourth-order valence-electron chi connectivity index (χ4n) is 8.17. The summed E-state index contributed by atoms with van der Waals surface area (Å²) in [6, 6.07) is 67.9. The molecular formula is C50H30N4. The van der Waals surface area contributed by atoms with Gasteiger partial charge in [-0.2, -0.15) is 10.5 Å². The van der Waals surface area contributed by atoms with Crippen LogP contribution in [0.3, 0.4) is 0 Å². The van der Waals surface area contributed by atoms with Crippen LogP contribution in [0.15, 0.2) is 182 Å². The van der Waals surface area contributed by atoms with E-state index in [1.165, 1.54) is 0 Å². The van der Waals surface area contributed by atoms with Gasteiger partial charge in [-0.05, 0) is 82.9 Å². The summed E-state index contributed by atoms with van der Waals surface area (Å²) >= 11 is 0. The quantitative estimate of drug-likeness (QED) is 0.181. The summed E-state index contributed by atoms with van der Waals surface area (Å²) in [5.74, 6) is 0. The minimum absolute atomic E-state index is 0.450. The highest BCUT2D eigenvalue weighted by Gasteiger charge is 2.25. The molecular weight excluding hydrogens is 657 g/mol. The van der Waals surface area contributed by atoms with Crippen molar-refractivity contribution in [2.75, 3.05) is 0 Å². The van der Waals surface area contributed by atoms with Gasteiger partial charge >= 0.3 is 0 Å². The van der Waals surface area contributed by atoms with Crippen LogP contribution in [-0.4, -0.2) is 9.13 Å². The molecule has 0 fully saturated rings. The minimum Gasteiger partial charge on any atom is -0.309 e. The summed E-state index contributed by atoms with van der Waals surface area (Å²) < 4.78 is 4.67. The van der Waals surface area contributed by atoms with E-state index in [9.17, 15) is 10.5 Å². The van der Waals surface area contributed by atoms with E-state index >= 15 is 0 Å². The largest absolute Gasteiger partial charge is 0.309 e. The number of hydrogen-bond acceptors (Lipinski definition) is 2. The molecule has 10 aromatic rings. The van der Waals surface area contributed by atoms with Crippen LogP contribution in [0.2, 0.25) is 0 Å². The van der Waals surface area contributed by atoms with Crippen molar-refractivity contribution in [1.29, 1.82) is 10.5 Å². The Bertz CT molecular complexity index is 3060. The molecule has 0 aliphatic heterocycles. The highest BCUT2D eigenvalue weighted by molar-refractivity contribution is 6.17. The normalized spacial score (nSPS) is 11.3. The average Bonchev–Trinajstić information content (AvgIpc) is 3.76. The van der Waals surface area contributed by atoms with Crippen molar-refractivity contribution in [2.24, 2.45) is 0 Å². The minimum atomic E-state index is 0.450. The first-order valence-corrected chi connectivity index (χ1v) is 18.0. The van der Waals surface area contributed by atoms with Crippen LogP contribution >= 0.6 is 0 Å². The van der Waals surface area contributed by atoms with Gasteiger partial charge in [0.15, 0.2) is 0 Å². The Morgan fingerprint density at radius 1 is 0.389 bits per heavy atom. The topological polar surface area (TPSA) is 57.4 Å². The summed E-state index contributed by atoms with van der Waals surface area (Å²) in [5, 5.41) is 25.0. The zero-order valence-corrected chi connectivity index (χ0v) is 29.1. The zero-order valence-electron chi connectivity index (χ0n) is 29.1. The van der Waals surface area contributed by atoms with Gasteiger partial charge in [0, 0.05) is 38.4 Å². The zero-order chi connectivity index (χ0) is 36.2. The molecule has 0 aliphatic rings. The second-order valence-electron chi connectivity index (χ2n) is 13.6. The predicted octanol–water partition coefficient (Wildman–Crippen LogP) is 12.6. The lowest BCUT2D eigenvalue weighted by Crippen LogP contribution is -2.02. The first kappa shape index (κ1) is 31.1. The molecule has 0 N–H and O–H groups in total. The van der Waals surface area contributed by atoms with Crippen molar-refractivity contribution in [3.63, 3.8) is 0 Å². The van der Waals surface area contributed by atoms with Gasteiger partial charge < -0.3 is 9.13 Å². The van der Waals surface area contributed by atoms with Gasteiger partial charge in [-0.15, -0.1) is 0 Å². The molecule has 10 rings (SSSR count). The van der Waals surface area contributed by atoms with E-state index in [1.54, 1.807) is 6.07 Å². The fraction of sp³-hybridized carbons (Fsp3) is 0. The number of hydrogen-bond donors (Lipinski definition) is 0. The summed E-state index contributed by atoms with van der Waals surface area (Å²) in [4.78, 5) is 0. The molecule has 54 heavy (non-hydrogen) atoms. The molecule has 0 aliphatic carbocycles. The number of rotatable bonds is 5. The summed E-state index contributed by atoms with van der Waals surface area (Å²) in [5.41, 5.74) is 13.4. The second-order valence-corrected chi connectivity index (χ2v) is 13.6. The lowest BCUT2D eigenvalue weighted by molar-refractivity contribution is 1.16. The van der Waals surface area contributed by atoms with Gasteiger partial charge in [0.2, 0.25) is 0 Å². The molecule has 0 bridgehead atoms. The van der Waals surface area contributed by atoms with Gasteiger partial charge in [-0.25, -0.2) is 0 Å². The third-order valence-electron chi connectivity index (χ3n) is 10.6. The molecule has 2 heterocycles. The Morgan fingerprint density at radius 3 is 1.57 bits per heavy atom. The molecule has 8 aromatic carbocycles. The molecule has 4 heteroatoms. The van der Waals surface area contributed by atoms with Crippen molar-refractivity contribution in [1.82, 2.24) is 9.13 Å². The van der Waals surface area contributed by atoms with Gasteiger partial charge in [0.1, 0.15) is 0 Å². The lowest BCUT2D eigenvalue weighted by Gasteiger charge is -2.19. The Morgan fingerprint density at radius 2 is 0.963 bits per heavy atom. The average molecular weight is 687 g/mol. The van der Waals surface area contributed by atoms with E-state index in [2.05, 4.69) is 167 Å². The smallest absolute Gasteiger partial charge is 0.0998 e. The van der Waals surface area contributed by atoms with Gasteiger partial charge in [0.05, 0.1) is 51.0 Å². The third-order valence-corrected chi connectivity index (χ3v) is 10.6. The number of para-hydroxylation sites is 2. The number of fused-ring (bicyclic) bond motifs is 6. The SMILES string of the molecule is N#Cc1ccc(-c2c(-n3c4ccc(-c5ccccc5)cc4c4cc(-c5ccccc5)ccc43)ccc3c4ccccc4n(-c4ccccc4)c23)c(C#N)c1. The predicted molar refractivity (Wildman–Crippen MR) is 221 cm³/mol. The summed E-state index contributed by atoms with van der Waals surface area (Å²) in [7, 11) is 0. The molecule has 0 spiro atoms. The van der Waals surface area contributed by atoms with E-state index in [0.717, 1.165) is 88.4 Å². The first-order valence-electron chi connectivity index (χ1n) is 18.0. The standard InChI is InChI=1S/C50H30N4/c51-31-33-20-23-40(38(28-33)32-52)49-48(27-24-42-41-18-10-11-19-45(41)53(50(42)49)39-16-8-3-9-17-39)54-46-25-21-36(34-12-4-1-5-13-34)29-43(46)44-30-37(22-26-47(44)54)35-14-6-2-7-15-35/h1-30H. The third kappa shape index (κ3) is 4.83. The monoisotopic (exact) mass is 686 g/mol. The Hall–Kier alpha value is -7.66. The fourth-order valence-corrected chi connectivity index (χ4v) is 8.17. The maximum Gasteiger partial charge on any atom is 0.0998 e. The maximum absolute atomic E-state index is 10.7. The van der Waals surface area contributed by atoms with E-state index in [0.29, 0.717) is 11.1 Å². The number of nitriles is 2. The molecule has 0 atom stereocenters. The Labute approximate surface area is 312 Å². The second kappa shape index (κ2) is 12.5. The van der Waals surface area contributed by atoms with E-state index in [1.807, 2.05) is 30.3 Å². The van der Waals surface area contributed by atoms with Crippen molar-refractivity contribution in [3.8, 4) is 56.9 Å². The molecule has 250 valence electrons. The van der Waals surface area contributed by atoms with Crippen LogP contribution in [0.4, 0.5) is 0 Å². The van der Waals surface area contributed by atoms with Gasteiger partial charge in [-0.3, -0.25) is 0 Å². The van der Waals surface area contributed by atoms with Crippen molar-refractivity contribution in [2.45, 2.75) is 0 Å². The van der Waals surface area contributed by atoms with Crippen LogP contribution in [0.1, 0.15) is 11.1 Å². The first-order chi connectivity index (χ1) is 26.7. The molecule has 0 radical (unpaired) electrons. The molecule has 0 unspecified atom stereocenters. The van der Waals surface area contributed by atoms with Crippen LogP contribution in [0.5, 0.6) is 0 Å². The van der Waals surface area contributed by atoms with Crippen LogP contribution < -0.4 is 0 Å². The molecule has 0 saturated heterocycles. The van der Waals surface area contributed by atoms with Crippen LogP contribution in [0.25, 0.3) is 88.4 Å². The van der Waals surface area contributed by atoms with Crippen molar-refractivity contribution in [3.05, 3.63) is 193 Å². The molecule has 4 nitrogen and oxygen atoms in total. The molecule has 0 saturated carbocycles.